The molecule has 0 spiro atoms. The third-order valence-electron chi connectivity index (χ3n) is 3.40. The van der Waals surface area contributed by atoms with E-state index in [-0.39, 0.29) is 18.9 Å². The number of carbonyl (C=O) groups excluding carboxylic acids is 1. The van der Waals surface area contributed by atoms with Crippen LogP contribution in [0.5, 0.6) is 0 Å². The molecule has 0 saturated carbocycles. The summed E-state index contributed by atoms with van der Waals surface area (Å²) in [5.74, 6) is -1.20. The van der Waals surface area contributed by atoms with Gasteiger partial charge in [-0.25, -0.2) is 0 Å². The van der Waals surface area contributed by atoms with E-state index in [2.05, 4.69) is 19.2 Å². The van der Waals surface area contributed by atoms with Crippen molar-refractivity contribution in [2.24, 2.45) is 0 Å². The van der Waals surface area contributed by atoms with Crippen LogP contribution in [0, 0.1) is 0 Å². The van der Waals surface area contributed by atoms with Gasteiger partial charge >= 0.3 is 5.97 Å². The first-order chi connectivity index (χ1) is 10.3. The van der Waals surface area contributed by atoms with E-state index in [1.165, 1.54) is 28.9 Å². The van der Waals surface area contributed by atoms with Gasteiger partial charge in [-0.2, -0.15) is 0 Å². The summed E-state index contributed by atoms with van der Waals surface area (Å²) in [5, 5.41) is 11.8. The molecule has 0 saturated heterocycles. The second-order valence-electron chi connectivity index (χ2n) is 5.68. The molecule has 1 heterocycles. The molecule has 0 bridgehead atoms. The number of aryl methyl sites for hydroxylation is 2. The first-order valence-corrected chi connectivity index (χ1v) is 8.31. The molecule has 1 rings (SSSR count). The molecule has 1 atom stereocenters. The second-order valence-corrected chi connectivity index (χ2v) is 6.82. The number of rotatable bonds is 9. The molecule has 0 aliphatic carbocycles. The van der Waals surface area contributed by atoms with Crippen molar-refractivity contribution in [3.8, 4) is 0 Å². The zero-order chi connectivity index (χ0) is 16.8. The molecule has 22 heavy (non-hydrogen) atoms. The van der Waals surface area contributed by atoms with E-state index in [0.29, 0.717) is 4.88 Å². The lowest BCUT2D eigenvalue weighted by Crippen LogP contribution is -2.50. The Bertz CT molecular complexity index is 526. The third kappa shape index (κ3) is 5.10. The van der Waals surface area contributed by atoms with Gasteiger partial charge in [-0.05, 0) is 31.4 Å². The first kappa shape index (κ1) is 18.6. The predicted octanol–water partition coefficient (Wildman–Crippen LogP) is 2.87. The average molecular weight is 327 g/mol. The van der Waals surface area contributed by atoms with E-state index >= 15 is 0 Å². The molecular formula is C16H25NO4S. The van der Waals surface area contributed by atoms with E-state index in [4.69, 9.17) is 9.84 Å². The van der Waals surface area contributed by atoms with Crippen LogP contribution in [0.4, 0.5) is 0 Å². The van der Waals surface area contributed by atoms with Gasteiger partial charge in [0.15, 0.2) is 0 Å². The van der Waals surface area contributed by atoms with Crippen molar-refractivity contribution in [2.45, 2.75) is 52.0 Å². The van der Waals surface area contributed by atoms with Gasteiger partial charge in [-0.1, -0.05) is 20.3 Å². The maximum absolute atomic E-state index is 12.5. The quantitative estimate of drug-likeness (QED) is 0.731. The molecule has 1 aromatic heterocycles. The maximum Gasteiger partial charge on any atom is 0.305 e. The molecule has 1 unspecified atom stereocenters. The van der Waals surface area contributed by atoms with Crippen LogP contribution in [0.15, 0.2) is 6.07 Å². The Morgan fingerprint density at radius 2 is 2.09 bits per heavy atom. The van der Waals surface area contributed by atoms with E-state index < -0.39 is 11.5 Å². The molecule has 5 nitrogen and oxygen atoms in total. The van der Waals surface area contributed by atoms with Crippen LogP contribution in [0.25, 0.3) is 0 Å². The Labute approximate surface area is 135 Å². The van der Waals surface area contributed by atoms with Crippen LogP contribution in [-0.4, -0.2) is 36.2 Å². The summed E-state index contributed by atoms with van der Waals surface area (Å²) in [7, 11) is 1.49. The SMILES string of the molecule is CCCc1sc(C(=O)NC(C)(COC)CC(=O)O)cc1CC. The van der Waals surface area contributed by atoms with Crippen LogP contribution in [0.3, 0.4) is 0 Å². The van der Waals surface area contributed by atoms with Crippen molar-refractivity contribution >= 4 is 23.2 Å². The number of hydrogen-bond donors (Lipinski definition) is 2. The molecule has 0 aromatic carbocycles. The molecule has 6 heteroatoms. The molecule has 0 aliphatic rings. The van der Waals surface area contributed by atoms with E-state index in [0.717, 1.165) is 19.3 Å². The zero-order valence-corrected chi connectivity index (χ0v) is 14.5. The molecule has 0 aliphatic heterocycles. The first-order valence-electron chi connectivity index (χ1n) is 7.50. The van der Waals surface area contributed by atoms with Gasteiger partial charge in [0, 0.05) is 12.0 Å². The van der Waals surface area contributed by atoms with Crippen molar-refractivity contribution in [3.05, 3.63) is 21.4 Å². The topological polar surface area (TPSA) is 75.6 Å². The lowest BCUT2D eigenvalue weighted by Gasteiger charge is -2.28. The van der Waals surface area contributed by atoms with Gasteiger partial charge in [0.2, 0.25) is 0 Å². The Hall–Kier alpha value is -1.40. The van der Waals surface area contributed by atoms with Crippen molar-refractivity contribution in [1.29, 1.82) is 0 Å². The van der Waals surface area contributed by atoms with Gasteiger partial charge in [0.05, 0.1) is 23.4 Å². The summed E-state index contributed by atoms with van der Waals surface area (Å²) in [6, 6.07) is 1.92. The Balaban J connectivity index is 2.92. The number of thiophene rings is 1. The number of carbonyl (C=O) groups is 2. The van der Waals surface area contributed by atoms with Gasteiger partial charge in [-0.3, -0.25) is 9.59 Å². The minimum absolute atomic E-state index is 0.152. The maximum atomic E-state index is 12.5. The fourth-order valence-electron chi connectivity index (χ4n) is 2.44. The smallest absolute Gasteiger partial charge is 0.305 e. The predicted molar refractivity (Wildman–Crippen MR) is 87.7 cm³/mol. The lowest BCUT2D eigenvalue weighted by atomic mass is 9.99. The standard InChI is InChI=1S/C16H25NO4S/c1-5-7-12-11(6-2)8-13(22-12)15(20)17-16(3,10-21-4)9-14(18)19/h8H,5-7,9-10H2,1-4H3,(H,17,20)(H,18,19). The van der Waals surface area contributed by atoms with Crippen LogP contribution >= 0.6 is 11.3 Å². The molecule has 124 valence electrons. The summed E-state index contributed by atoms with van der Waals surface area (Å²) < 4.78 is 5.06. The molecule has 0 fully saturated rings. The Kier molecular flexibility index (Phi) is 7.03. The van der Waals surface area contributed by atoms with E-state index in [1.807, 2.05) is 6.07 Å². The van der Waals surface area contributed by atoms with Gasteiger partial charge in [-0.15, -0.1) is 11.3 Å². The summed E-state index contributed by atoms with van der Waals surface area (Å²) in [6.45, 7) is 6.02. The van der Waals surface area contributed by atoms with E-state index in [1.54, 1.807) is 6.92 Å². The lowest BCUT2D eigenvalue weighted by molar-refractivity contribution is -0.139. The van der Waals surface area contributed by atoms with Gasteiger partial charge < -0.3 is 15.2 Å². The number of carboxylic acids is 1. The number of aliphatic carboxylic acids is 1. The van der Waals surface area contributed by atoms with Crippen molar-refractivity contribution in [2.75, 3.05) is 13.7 Å². The third-order valence-corrected chi connectivity index (χ3v) is 4.63. The monoisotopic (exact) mass is 327 g/mol. The normalized spacial score (nSPS) is 13.6. The summed E-state index contributed by atoms with van der Waals surface area (Å²) in [6.07, 6.45) is 2.71. The van der Waals surface area contributed by atoms with Gasteiger partial charge in [0.25, 0.3) is 5.91 Å². The fourth-order valence-corrected chi connectivity index (χ4v) is 3.69. The summed E-state index contributed by atoms with van der Waals surface area (Å²) >= 11 is 1.49. The highest BCUT2D eigenvalue weighted by Gasteiger charge is 2.30. The van der Waals surface area contributed by atoms with Crippen LogP contribution in [-0.2, 0) is 22.4 Å². The van der Waals surface area contributed by atoms with E-state index in [9.17, 15) is 9.59 Å². The number of amides is 1. The fraction of sp³-hybridized carbons (Fsp3) is 0.625. The molecule has 1 aromatic rings. The molecule has 0 radical (unpaired) electrons. The van der Waals surface area contributed by atoms with Crippen molar-refractivity contribution in [3.63, 3.8) is 0 Å². The Morgan fingerprint density at radius 3 is 2.59 bits per heavy atom. The number of nitrogens with one attached hydrogen (secondary N) is 1. The number of carboxylic acid groups (broad SMARTS) is 1. The minimum atomic E-state index is -0.966. The largest absolute Gasteiger partial charge is 0.481 e. The molecule has 1 amide bonds. The number of methoxy groups -OCH3 is 1. The number of ether oxygens (including phenoxy) is 1. The van der Waals surface area contributed by atoms with Crippen LogP contribution in [0.1, 0.15) is 53.7 Å². The minimum Gasteiger partial charge on any atom is -0.481 e. The van der Waals surface area contributed by atoms with Gasteiger partial charge in [0.1, 0.15) is 0 Å². The summed E-state index contributed by atoms with van der Waals surface area (Å²) in [4.78, 5) is 25.3. The highest BCUT2D eigenvalue weighted by molar-refractivity contribution is 7.14. The second kappa shape index (κ2) is 8.29. The highest BCUT2D eigenvalue weighted by Crippen LogP contribution is 2.25. The Morgan fingerprint density at radius 1 is 1.41 bits per heavy atom. The zero-order valence-electron chi connectivity index (χ0n) is 13.7. The van der Waals surface area contributed by atoms with Crippen molar-refractivity contribution < 1.29 is 19.4 Å². The molecule has 2 N–H and O–H groups in total. The van der Waals surface area contributed by atoms with Crippen LogP contribution < -0.4 is 5.32 Å². The summed E-state index contributed by atoms with van der Waals surface area (Å²) in [5.41, 5.74) is 0.280. The van der Waals surface area contributed by atoms with Crippen LogP contribution in [0.2, 0.25) is 0 Å². The number of hydrogen-bond acceptors (Lipinski definition) is 4. The molecular weight excluding hydrogens is 302 g/mol. The average Bonchev–Trinajstić information content (AvgIpc) is 2.81. The van der Waals surface area contributed by atoms with Crippen molar-refractivity contribution in [1.82, 2.24) is 5.32 Å². The highest BCUT2D eigenvalue weighted by atomic mass is 32.1.